The zero-order chi connectivity index (χ0) is 14.5. The van der Waals surface area contributed by atoms with Crippen LogP contribution >= 0.6 is 27.5 Å². The van der Waals surface area contributed by atoms with E-state index in [1.54, 1.807) is 6.20 Å². The van der Waals surface area contributed by atoms with Crippen LogP contribution in [0.15, 0.2) is 33.3 Å². The fraction of sp³-hybridized carbons (Fsp3) is 0.400. The van der Waals surface area contributed by atoms with Crippen LogP contribution in [0.3, 0.4) is 0 Å². The predicted octanol–water partition coefficient (Wildman–Crippen LogP) is 4.55. The van der Waals surface area contributed by atoms with E-state index >= 15 is 0 Å². The normalized spacial score (nSPS) is 11.2. The van der Waals surface area contributed by atoms with Gasteiger partial charge in [-0.3, -0.25) is 0 Å². The van der Waals surface area contributed by atoms with Crippen LogP contribution in [0.2, 0.25) is 5.02 Å². The number of nitrogens with one attached hydrogen (secondary N) is 1. The molecule has 0 saturated heterocycles. The molecule has 1 N–H and O–H groups in total. The lowest BCUT2D eigenvalue weighted by Crippen LogP contribution is -2.22. The molecule has 0 spiro atoms. The Morgan fingerprint density at radius 2 is 2.20 bits per heavy atom. The molecule has 1 aromatic carbocycles. The van der Waals surface area contributed by atoms with Crippen molar-refractivity contribution >= 4 is 27.5 Å². The SMILES string of the molecule is CC(C)CNCCc1ncc(-c2ccc(Br)cc2Cl)o1. The Balaban J connectivity index is 1.98. The number of benzene rings is 1. The van der Waals surface area contributed by atoms with Crippen LogP contribution in [0.1, 0.15) is 19.7 Å². The topological polar surface area (TPSA) is 38.1 Å². The highest BCUT2D eigenvalue weighted by atomic mass is 79.9. The molecule has 20 heavy (non-hydrogen) atoms. The van der Waals surface area contributed by atoms with Gasteiger partial charge >= 0.3 is 0 Å². The Kier molecular flexibility index (Phi) is 5.64. The summed E-state index contributed by atoms with van der Waals surface area (Å²) < 4.78 is 6.69. The largest absolute Gasteiger partial charge is 0.441 e. The van der Waals surface area contributed by atoms with E-state index in [1.165, 1.54) is 0 Å². The second-order valence-corrected chi connectivity index (χ2v) is 6.41. The molecule has 5 heteroatoms. The van der Waals surface area contributed by atoms with Gasteiger partial charge in [0.1, 0.15) is 0 Å². The van der Waals surface area contributed by atoms with Crippen molar-refractivity contribution in [1.82, 2.24) is 10.3 Å². The van der Waals surface area contributed by atoms with Crippen LogP contribution in [0, 0.1) is 5.92 Å². The molecule has 0 radical (unpaired) electrons. The molecule has 0 aliphatic carbocycles. The molecule has 3 nitrogen and oxygen atoms in total. The fourth-order valence-corrected chi connectivity index (χ4v) is 2.59. The van der Waals surface area contributed by atoms with Gasteiger partial charge in [0.2, 0.25) is 0 Å². The van der Waals surface area contributed by atoms with Crippen molar-refractivity contribution in [1.29, 1.82) is 0 Å². The lowest BCUT2D eigenvalue weighted by Gasteiger charge is -2.05. The highest BCUT2D eigenvalue weighted by Gasteiger charge is 2.10. The molecule has 0 amide bonds. The van der Waals surface area contributed by atoms with Crippen molar-refractivity contribution in [2.24, 2.45) is 5.92 Å². The zero-order valence-electron chi connectivity index (χ0n) is 11.6. The molecule has 1 aromatic heterocycles. The van der Waals surface area contributed by atoms with Gasteiger partial charge in [0.15, 0.2) is 11.7 Å². The van der Waals surface area contributed by atoms with E-state index in [0.29, 0.717) is 16.7 Å². The molecule has 0 saturated carbocycles. The second-order valence-electron chi connectivity index (χ2n) is 5.09. The smallest absolute Gasteiger partial charge is 0.196 e. The minimum atomic E-state index is 0.650. The Morgan fingerprint density at radius 1 is 1.40 bits per heavy atom. The van der Waals surface area contributed by atoms with Crippen molar-refractivity contribution < 1.29 is 4.42 Å². The average Bonchev–Trinajstić information content (AvgIpc) is 2.83. The molecule has 108 valence electrons. The third-order valence-electron chi connectivity index (χ3n) is 2.82. The molecule has 0 unspecified atom stereocenters. The number of rotatable bonds is 6. The standard InChI is InChI=1S/C15H18BrClN2O/c1-10(2)8-18-6-5-15-19-9-14(20-15)12-4-3-11(16)7-13(12)17/h3-4,7,9-10,18H,5-6,8H2,1-2H3. The molecule has 2 rings (SSSR count). The van der Waals surface area contributed by atoms with Crippen molar-refractivity contribution in [2.45, 2.75) is 20.3 Å². The van der Waals surface area contributed by atoms with Gasteiger partial charge in [-0.15, -0.1) is 0 Å². The second kappa shape index (κ2) is 7.25. The highest BCUT2D eigenvalue weighted by Crippen LogP contribution is 2.30. The summed E-state index contributed by atoms with van der Waals surface area (Å²) in [5.74, 6) is 2.09. The van der Waals surface area contributed by atoms with E-state index in [9.17, 15) is 0 Å². The van der Waals surface area contributed by atoms with Crippen molar-refractivity contribution in [3.05, 3.63) is 39.8 Å². The molecule has 0 aliphatic heterocycles. The van der Waals surface area contributed by atoms with Crippen molar-refractivity contribution in [3.63, 3.8) is 0 Å². The summed E-state index contributed by atoms with van der Waals surface area (Å²) in [5.41, 5.74) is 0.865. The Labute approximate surface area is 132 Å². The first kappa shape index (κ1) is 15.5. The first-order chi connectivity index (χ1) is 9.56. The summed E-state index contributed by atoms with van der Waals surface area (Å²) in [5, 5.41) is 4.02. The van der Waals surface area contributed by atoms with E-state index in [-0.39, 0.29) is 0 Å². The molecular weight excluding hydrogens is 340 g/mol. The lowest BCUT2D eigenvalue weighted by atomic mass is 10.2. The van der Waals surface area contributed by atoms with E-state index in [2.05, 4.69) is 40.1 Å². The van der Waals surface area contributed by atoms with Gasteiger partial charge in [0, 0.05) is 23.0 Å². The van der Waals surface area contributed by atoms with Crippen LogP contribution < -0.4 is 5.32 Å². The summed E-state index contributed by atoms with van der Waals surface area (Å²) in [7, 11) is 0. The van der Waals surface area contributed by atoms with Crippen LogP contribution in [-0.2, 0) is 6.42 Å². The number of oxazole rings is 1. The number of nitrogens with zero attached hydrogens (tertiary/aromatic N) is 1. The van der Waals surface area contributed by atoms with Crippen LogP contribution in [0.4, 0.5) is 0 Å². The maximum Gasteiger partial charge on any atom is 0.196 e. The van der Waals surface area contributed by atoms with Gasteiger partial charge in [-0.25, -0.2) is 4.98 Å². The maximum atomic E-state index is 6.20. The molecule has 2 aromatic rings. The molecule has 0 aliphatic rings. The fourth-order valence-electron chi connectivity index (χ4n) is 1.83. The average molecular weight is 358 g/mol. The summed E-state index contributed by atoms with van der Waals surface area (Å²) in [6, 6.07) is 5.71. The van der Waals surface area contributed by atoms with E-state index in [4.69, 9.17) is 16.0 Å². The molecular formula is C15H18BrClN2O. The van der Waals surface area contributed by atoms with E-state index in [1.807, 2.05) is 18.2 Å². The van der Waals surface area contributed by atoms with E-state index in [0.717, 1.165) is 35.4 Å². The van der Waals surface area contributed by atoms with Gasteiger partial charge < -0.3 is 9.73 Å². The number of halogens is 2. The maximum absolute atomic E-state index is 6.20. The minimum Gasteiger partial charge on any atom is -0.441 e. The summed E-state index contributed by atoms with van der Waals surface area (Å²) in [6.45, 7) is 6.25. The highest BCUT2D eigenvalue weighted by molar-refractivity contribution is 9.10. The third-order valence-corrected chi connectivity index (χ3v) is 3.62. The molecule has 1 heterocycles. The predicted molar refractivity (Wildman–Crippen MR) is 86.1 cm³/mol. The summed E-state index contributed by atoms with van der Waals surface area (Å²) in [6.07, 6.45) is 2.51. The number of hydrogen-bond acceptors (Lipinski definition) is 3. The minimum absolute atomic E-state index is 0.650. The molecule has 0 fully saturated rings. The van der Waals surface area contributed by atoms with Crippen LogP contribution in [-0.4, -0.2) is 18.1 Å². The van der Waals surface area contributed by atoms with Crippen molar-refractivity contribution in [2.75, 3.05) is 13.1 Å². The third kappa shape index (κ3) is 4.33. The van der Waals surface area contributed by atoms with Crippen LogP contribution in [0.25, 0.3) is 11.3 Å². The van der Waals surface area contributed by atoms with Gasteiger partial charge in [0.05, 0.1) is 11.2 Å². The van der Waals surface area contributed by atoms with Crippen LogP contribution in [0.5, 0.6) is 0 Å². The summed E-state index contributed by atoms with van der Waals surface area (Å²) >= 11 is 9.59. The van der Waals surface area contributed by atoms with E-state index < -0.39 is 0 Å². The van der Waals surface area contributed by atoms with Crippen molar-refractivity contribution in [3.8, 4) is 11.3 Å². The Bertz CT molecular complexity index is 569. The quantitative estimate of drug-likeness (QED) is 0.771. The zero-order valence-corrected chi connectivity index (χ0v) is 14.0. The number of aromatic nitrogens is 1. The van der Waals surface area contributed by atoms with Gasteiger partial charge in [0.25, 0.3) is 0 Å². The molecule has 0 atom stereocenters. The first-order valence-electron chi connectivity index (χ1n) is 6.67. The van der Waals surface area contributed by atoms with Gasteiger partial charge in [-0.1, -0.05) is 41.4 Å². The molecule has 0 bridgehead atoms. The number of hydrogen-bond donors (Lipinski definition) is 1. The lowest BCUT2D eigenvalue weighted by molar-refractivity contribution is 0.483. The first-order valence-corrected chi connectivity index (χ1v) is 7.84. The summed E-state index contributed by atoms with van der Waals surface area (Å²) in [4.78, 5) is 4.30. The van der Waals surface area contributed by atoms with Gasteiger partial charge in [-0.2, -0.15) is 0 Å². The Hall–Kier alpha value is -0.840. The monoisotopic (exact) mass is 356 g/mol. The van der Waals surface area contributed by atoms with Gasteiger partial charge in [-0.05, 0) is 30.7 Å². The Morgan fingerprint density at radius 3 is 2.90 bits per heavy atom.